The maximum absolute atomic E-state index is 14.1. The Kier molecular flexibility index (Phi) is 8.59. The molecule has 2 aliphatic carbocycles. The van der Waals surface area contributed by atoms with Crippen molar-refractivity contribution in [2.45, 2.75) is 34.4 Å². The number of aromatic amines is 1. The third-order valence-electron chi connectivity index (χ3n) is 10.4. The number of nitrogens with one attached hydrogen (secondary N) is 2. The predicted octanol–water partition coefficient (Wildman–Crippen LogP) is 3.96. The number of amides is 3. The summed E-state index contributed by atoms with van der Waals surface area (Å²) >= 11 is 2.77. The molecule has 268 valence electrons. The summed E-state index contributed by atoms with van der Waals surface area (Å²) in [6.45, 7) is 1.66. The molecular formula is C36H32N4O9S3. The number of thioether (sulfide) groups is 1. The first kappa shape index (κ1) is 34.3. The van der Waals surface area contributed by atoms with E-state index in [1.807, 2.05) is 12.1 Å². The Morgan fingerprint density at radius 1 is 0.942 bits per heavy atom. The lowest BCUT2D eigenvalue weighted by Gasteiger charge is -2.43. The number of carbonyl (C=O) groups excluding carboxylic acids is 4. The van der Waals surface area contributed by atoms with Gasteiger partial charge in [0.2, 0.25) is 21.8 Å². The van der Waals surface area contributed by atoms with Crippen LogP contribution in [0.15, 0.2) is 87.5 Å². The third-order valence-corrected chi connectivity index (χ3v) is 14.0. The lowest BCUT2D eigenvalue weighted by Crippen LogP contribution is -2.42. The fourth-order valence-corrected chi connectivity index (χ4v) is 11.9. The molecule has 0 unspecified atom stereocenters. The molecule has 4 aromatic rings. The van der Waals surface area contributed by atoms with Crippen LogP contribution in [0.4, 0.5) is 11.4 Å². The molecule has 7 atom stereocenters. The molecule has 1 aromatic heterocycles. The predicted molar refractivity (Wildman–Crippen MR) is 192 cm³/mol. The molecule has 2 bridgehead atoms. The van der Waals surface area contributed by atoms with E-state index in [0.717, 1.165) is 21.9 Å². The number of benzene rings is 3. The molecule has 52 heavy (non-hydrogen) atoms. The van der Waals surface area contributed by atoms with Crippen LogP contribution in [0, 0.1) is 29.6 Å². The molecule has 2 saturated carbocycles. The number of primary sulfonamides is 1. The van der Waals surface area contributed by atoms with Gasteiger partial charge in [-0.05, 0) is 97.3 Å². The smallest absolute Gasteiger partial charge is 0.338 e. The highest BCUT2D eigenvalue weighted by atomic mass is 32.2. The van der Waals surface area contributed by atoms with Crippen molar-refractivity contribution in [3.63, 3.8) is 0 Å². The van der Waals surface area contributed by atoms with Crippen LogP contribution in [0.1, 0.15) is 40.1 Å². The second-order valence-corrected chi connectivity index (χ2v) is 17.0. The molecule has 16 heteroatoms. The Morgan fingerprint density at radius 2 is 1.62 bits per heavy atom. The van der Waals surface area contributed by atoms with Gasteiger partial charge in [-0.15, -0.1) is 11.8 Å². The number of esters is 1. The van der Waals surface area contributed by atoms with Gasteiger partial charge < -0.3 is 19.8 Å². The van der Waals surface area contributed by atoms with Crippen molar-refractivity contribution in [2.75, 3.05) is 23.4 Å². The third kappa shape index (κ3) is 5.83. The van der Waals surface area contributed by atoms with Crippen molar-refractivity contribution in [2.24, 2.45) is 34.7 Å². The number of ether oxygens (including phenoxy) is 2. The van der Waals surface area contributed by atoms with E-state index in [2.05, 4.69) is 10.3 Å². The molecule has 8 rings (SSSR count). The minimum absolute atomic E-state index is 0.00344. The Morgan fingerprint density at radius 3 is 2.27 bits per heavy atom. The molecule has 3 fully saturated rings. The average molecular weight is 761 g/mol. The van der Waals surface area contributed by atoms with Gasteiger partial charge in [-0.25, -0.2) is 18.4 Å². The lowest BCUT2D eigenvalue weighted by atomic mass is 9.68. The first-order valence-electron chi connectivity index (χ1n) is 16.6. The van der Waals surface area contributed by atoms with Crippen LogP contribution in [0.2, 0.25) is 0 Å². The highest BCUT2D eigenvalue weighted by Gasteiger charge is 2.69. The fraction of sp³-hybridized carbons (Fsp3) is 0.306. The maximum atomic E-state index is 14.1. The van der Waals surface area contributed by atoms with Crippen molar-refractivity contribution >= 4 is 68.2 Å². The molecule has 3 heterocycles. The zero-order valence-electron chi connectivity index (χ0n) is 27.5. The topological polar surface area (TPSA) is 195 Å². The lowest BCUT2D eigenvalue weighted by molar-refractivity contribution is -0.123. The Bertz CT molecular complexity index is 2270. The number of nitrogens with two attached hydrogens (primary N) is 1. The number of carbonyl (C=O) groups is 4. The van der Waals surface area contributed by atoms with Gasteiger partial charge in [0.1, 0.15) is 5.75 Å². The average Bonchev–Trinajstić information content (AvgIpc) is 3.86. The summed E-state index contributed by atoms with van der Waals surface area (Å²) in [4.78, 5) is 70.4. The summed E-state index contributed by atoms with van der Waals surface area (Å²) in [6, 6.07) is 19.1. The molecule has 2 aliphatic heterocycles. The van der Waals surface area contributed by atoms with Gasteiger partial charge in [-0.1, -0.05) is 23.5 Å². The SMILES string of the molecule is CCOC(=O)c1ccc(N2C(=O)[C@H]3[C@H]4C[C@@H]([C@@H]3C2=O)[C@@H]2[C@H](c3ccc(OCC(=O)Nc5ccc(S(N)(=O)=O)cc5)cc3)c3sc(=O)[nH]c3S[C@H]42)cc1. The van der Waals surface area contributed by atoms with Crippen molar-refractivity contribution in [1.29, 1.82) is 0 Å². The quantitative estimate of drug-likeness (QED) is 0.166. The number of anilines is 2. The van der Waals surface area contributed by atoms with Gasteiger partial charge in [0.15, 0.2) is 6.61 Å². The van der Waals surface area contributed by atoms with Gasteiger partial charge in [-0.2, -0.15) is 0 Å². The number of thiazole rings is 1. The van der Waals surface area contributed by atoms with Crippen molar-refractivity contribution in [3.05, 3.63) is 98.5 Å². The highest BCUT2D eigenvalue weighted by Crippen LogP contribution is 2.68. The van der Waals surface area contributed by atoms with E-state index >= 15 is 0 Å². The number of fused-ring (bicyclic) bond motifs is 9. The second-order valence-electron chi connectivity index (χ2n) is 13.2. The largest absolute Gasteiger partial charge is 0.484 e. The van der Waals surface area contributed by atoms with Gasteiger partial charge in [0, 0.05) is 21.7 Å². The van der Waals surface area contributed by atoms with Crippen molar-refractivity contribution in [3.8, 4) is 5.75 Å². The first-order chi connectivity index (χ1) is 24.9. The van der Waals surface area contributed by atoms with Crippen LogP contribution in [0.25, 0.3) is 0 Å². The van der Waals surface area contributed by atoms with Crippen LogP contribution < -0.4 is 25.0 Å². The number of hydrogen-bond donors (Lipinski definition) is 3. The van der Waals surface area contributed by atoms with Crippen LogP contribution in [0.5, 0.6) is 5.75 Å². The zero-order valence-corrected chi connectivity index (χ0v) is 30.0. The van der Waals surface area contributed by atoms with Crippen molar-refractivity contribution in [1.82, 2.24) is 4.98 Å². The number of aromatic nitrogens is 1. The monoisotopic (exact) mass is 760 g/mol. The van der Waals surface area contributed by atoms with Crippen LogP contribution in [-0.2, 0) is 29.1 Å². The Labute approximate surface area is 305 Å². The summed E-state index contributed by atoms with van der Waals surface area (Å²) in [5.41, 5.74) is 2.08. The van der Waals surface area contributed by atoms with Crippen LogP contribution in [0.3, 0.4) is 0 Å². The molecule has 3 aromatic carbocycles. The van der Waals surface area contributed by atoms with E-state index in [4.69, 9.17) is 14.6 Å². The van der Waals surface area contributed by atoms with E-state index < -0.39 is 33.7 Å². The van der Waals surface area contributed by atoms with E-state index in [0.29, 0.717) is 22.7 Å². The molecule has 0 spiro atoms. The van der Waals surface area contributed by atoms with E-state index in [-0.39, 0.29) is 63.7 Å². The second kappa shape index (κ2) is 13.0. The number of hydrogen-bond acceptors (Lipinski definition) is 11. The van der Waals surface area contributed by atoms with Crippen molar-refractivity contribution < 1.29 is 37.1 Å². The summed E-state index contributed by atoms with van der Waals surface area (Å²) in [6.07, 6.45) is 0.738. The minimum atomic E-state index is -3.85. The van der Waals surface area contributed by atoms with E-state index in [1.54, 1.807) is 55.1 Å². The molecule has 3 amide bonds. The fourth-order valence-electron chi connectivity index (χ4n) is 8.45. The number of rotatable bonds is 9. The summed E-state index contributed by atoms with van der Waals surface area (Å²) < 4.78 is 33.8. The molecule has 4 aliphatic rings. The zero-order chi connectivity index (χ0) is 36.5. The van der Waals surface area contributed by atoms with Gasteiger partial charge >= 0.3 is 10.8 Å². The van der Waals surface area contributed by atoms with Crippen LogP contribution >= 0.6 is 23.1 Å². The summed E-state index contributed by atoms with van der Waals surface area (Å²) in [5.74, 6) is -2.21. The number of nitrogens with zero attached hydrogens (tertiary/aromatic N) is 1. The van der Waals surface area contributed by atoms with Crippen LogP contribution in [-0.4, -0.2) is 55.6 Å². The Hall–Kier alpha value is -4.77. The summed E-state index contributed by atoms with van der Waals surface area (Å²) in [7, 11) is -3.85. The minimum Gasteiger partial charge on any atom is -0.484 e. The van der Waals surface area contributed by atoms with E-state index in [1.165, 1.54) is 40.5 Å². The molecule has 0 radical (unpaired) electrons. The highest BCUT2D eigenvalue weighted by molar-refractivity contribution is 8.00. The maximum Gasteiger partial charge on any atom is 0.338 e. The van der Waals surface area contributed by atoms with E-state index in [9.17, 15) is 32.4 Å². The first-order valence-corrected chi connectivity index (χ1v) is 19.9. The normalized spacial score (nSPS) is 25.7. The molecular weight excluding hydrogens is 729 g/mol. The van der Waals surface area contributed by atoms with Gasteiger partial charge in [0.05, 0.1) is 39.6 Å². The number of imide groups is 1. The molecule has 4 N–H and O–H groups in total. The Balaban J connectivity index is 1.00. The number of sulfonamides is 1. The molecule has 13 nitrogen and oxygen atoms in total. The summed E-state index contributed by atoms with van der Waals surface area (Å²) in [5, 5.41) is 8.58. The van der Waals surface area contributed by atoms with Gasteiger partial charge in [-0.3, -0.25) is 24.1 Å². The molecule has 1 saturated heterocycles. The number of H-pyrrole nitrogens is 1. The van der Waals surface area contributed by atoms with Gasteiger partial charge in [0.25, 0.3) is 5.91 Å². The standard InChI is InChI=1S/C36H32N4O9S3/c1-2-48-35(44)18-3-9-20(10-4-18)40-33(42)28-23-15-24(29(28)34(40)43)30-27(23)26(31-32(50-30)39-36(45)51-31)17-5-11-21(12-6-17)49-16-25(41)38-19-7-13-22(14-8-19)52(37,46)47/h3-14,23-24,26-30H,2,15-16H2,1H3,(H,38,41)(H,39,45)(H2,37,46,47)/t23-,24-,26+,27-,28+,29+,30-/m1/s1.